The molecule has 1 saturated heterocycles. The van der Waals surface area contributed by atoms with E-state index in [1.165, 1.54) is 31.0 Å². The Balaban J connectivity index is 1.55. The van der Waals surface area contributed by atoms with Gasteiger partial charge in [0.2, 0.25) is 5.82 Å². The molecule has 35 heavy (non-hydrogen) atoms. The first kappa shape index (κ1) is 23.6. The summed E-state index contributed by atoms with van der Waals surface area (Å²) in [7, 11) is 0. The molecule has 2 heterocycles. The third-order valence-electron chi connectivity index (χ3n) is 7.02. The average molecular weight is 489 g/mol. The molecule has 184 valence electrons. The number of hydrogen-bond donors (Lipinski definition) is 1. The van der Waals surface area contributed by atoms with Gasteiger partial charge in [0, 0.05) is 29.5 Å². The Morgan fingerprint density at radius 2 is 1.46 bits per heavy atom. The molecule has 2 aliphatic heterocycles. The van der Waals surface area contributed by atoms with Crippen molar-refractivity contribution in [3.8, 4) is 11.5 Å². The van der Waals surface area contributed by atoms with Gasteiger partial charge in [-0.15, -0.1) is 0 Å². The van der Waals surface area contributed by atoms with Gasteiger partial charge in [0.15, 0.2) is 23.3 Å². The van der Waals surface area contributed by atoms with Gasteiger partial charge in [-0.2, -0.15) is 0 Å². The molecule has 5 rings (SSSR count). The predicted molar refractivity (Wildman–Crippen MR) is 120 cm³/mol. The summed E-state index contributed by atoms with van der Waals surface area (Å²) in [4.78, 5) is 2.39. The number of phenols is 1. The van der Waals surface area contributed by atoms with Crippen LogP contribution in [0, 0.1) is 29.1 Å². The molecule has 0 aromatic heterocycles. The highest BCUT2D eigenvalue weighted by Gasteiger charge is 2.40. The Hall–Kier alpha value is -3.13. The summed E-state index contributed by atoms with van der Waals surface area (Å²) in [6.45, 7) is 2.81. The van der Waals surface area contributed by atoms with Crippen molar-refractivity contribution >= 4 is 0 Å². The lowest BCUT2D eigenvalue weighted by molar-refractivity contribution is 0.237. The van der Waals surface area contributed by atoms with Crippen molar-refractivity contribution < 1.29 is 31.8 Å². The van der Waals surface area contributed by atoms with Crippen molar-refractivity contribution in [2.75, 3.05) is 26.2 Å². The van der Waals surface area contributed by atoms with Gasteiger partial charge < -0.3 is 14.7 Å². The van der Waals surface area contributed by atoms with Crippen molar-refractivity contribution in [2.45, 2.75) is 31.1 Å². The van der Waals surface area contributed by atoms with E-state index in [9.17, 15) is 27.1 Å². The highest BCUT2D eigenvalue weighted by atomic mass is 19.2. The molecule has 0 radical (unpaired) electrons. The molecule has 8 heteroatoms. The molecule has 3 aromatic rings. The van der Waals surface area contributed by atoms with Gasteiger partial charge in [0.05, 0.1) is 6.61 Å². The van der Waals surface area contributed by atoms with Gasteiger partial charge in [-0.1, -0.05) is 24.3 Å². The van der Waals surface area contributed by atoms with E-state index >= 15 is 0 Å². The quantitative estimate of drug-likeness (QED) is 0.270. The Morgan fingerprint density at radius 1 is 0.829 bits per heavy atom. The fraction of sp³-hybridized carbons (Fsp3) is 0.333. The molecule has 0 amide bonds. The fourth-order valence-corrected chi connectivity index (χ4v) is 5.20. The van der Waals surface area contributed by atoms with E-state index in [0.717, 1.165) is 31.6 Å². The molecule has 3 aromatic carbocycles. The summed E-state index contributed by atoms with van der Waals surface area (Å²) >= 11 is 0. The summed E-state index contributed by atoms with van der Waals surface area (Å²) in [5.74, 6) is -11.6. The Labute approximate surface area is 199 Å². The number of aromatic hydroxyl groups is 1. The van der Waals surface area contributed by atoms with E-state index < -0.39 is 46.5 Å². The maximum Gasteiger partial charge on any atom is 0.200 e. The molecule has 0 saturated carbocycles. The van der Waals surface area contributed by atoms with Gasteiger partial charge in [-0.3, -0.25) is 0 Å². The maximum absolute atomic E-state index is 14.8. The van der Waals surface area contributed by atoms with Crippen LogP contribution in [-0.2, 0) is 6.42 Å². The molecule has 0 unspecified atom stereocenters. The van der Waals surface area contributed by atoms with Gasteiger partial charge in [-0.05, 0) is 61.7 Å². The number of benzene rings is 3. The molecular formula is C27H24F5NO2. The predicted octanol–water partition coefficient (Wildman–Crippen LogP) is 6.03. The van der Waals surface area contributed by atoms with Crippen molar-refractivity contribution in [3.63, 3.8) is 0 Å². The first-order valence-electron chi connectivity index (χ1n) is 11.6. The largest absolute Gasteiger partial charge is 0.508 e. The van der Waals surface area contributed by atoms with Gasteiger partial charge >= 0.3 is 0 Å². The topological polar surface area (TPSA) is 32.7 Å². The summed E-state index contributed by atoms with van der Waals surface area (Å²) in [5, 5.41) is 10.1. The number of likely N-dealkylation sites (tertiary alicyclic amines) is 1. The minimum Gasteiger partial charge on any atom is -0.508 e. The third kappa shape index (κ3) is 4.35. The van der Waals surface area contributed by atoms with Crippen LogP contribution in [0.4, 0.5) is 22.0 Å². The van der Waals surface area contributed by atoms with Crippen LogP contribution in [0.3, 0.4) is 0 Å². The van der Waals surface area contributed by atoms with Crippen LogP contribution < -0.4 is 4.74 Å². The Bertz CT molecular complexity index is 1210. The molecule has 2 aliphatic rings. The second-order valence-electron chi connectivity index (χ2n) is 9.14. The lowest BCUT2D eigenvalue weighted by Crippen LogP contribution is -2.28. The molecule has 0 bridgehead atoms. The SMILES string of the molecule is Oc1ccc2c(c1)[C@H](c1ccc(CCN3CCCC3)cc1)[C@H](c1c(F)c(F)c(F)c(F)c1F)CO2. The zero-order valence-electron chi connectivity index (χ0n) is 18.8. The van der Waals surface area contributed by atoms with Crippen LogP contribution in [0.2, 0.25) is 0 Å². The van der Waals surface area contributed by atoms with E-state index in [2.05, 4.69) is 4.90 Å². The lowest BCUT2D eigenvalue weighted by atomic mass is 9.75. The number of nitrogens with zero attached hydrogens (tertiary/aromatic N) is 1. The minimum atomic E-state index is -2.20. The second-order valence-corrected chi connectivity index (χ2v) is 9.14. The van der Waals surface area contributed by atoms with Crippen LogP contribution in [0.25, 0.3) is 0 Å². The van der Waals surface area contributed by atoms with E-state index in [1.54, 1.807) is 0 Å². The Kier molecular flexibility index (Phi) is 6.40. The van der Waals surface area contributed by atoms with Gasteiger partial charge in [0.25, 0.3) is 0 Å². The smallest absolute Gasteiger partial charge is 0.200 e. The minimum absolute atomic E-state index is 0.0994. The maximum atomic E-state index is 14.8. The zero-order chi connectivity index (χ0) is 24.7. The molecule has 1 N–H and O–H groups in total. The lowest BCUT2D eigenvalue weighted by Gasteiger charge is -2.35. The van der Waals surface area contributed by atoms with E-state index in [1.807, 2.05) is 24.3 Å². The first-order chi connectivity index (χ1) is 16.8. The highest BCUT2D eigenvalue weighted by molar-refractivity contribution is 5.51. The Morgan fingerprint density at radius 3 is 2.11 bits per heavy atom. The van der Waals surface area contributed by atoms with Crippen LogP contribution in [0.15, 0.2) is 42.5 Å². The normalized spacial score (nSPS) is 20.0. The van der Waals surface area contributed by atoms with E-state index in [0.29, 0.717) is 16.9 Å². The molecule has 0 spiro atoms. The molecule has 0 aliphatic carbocycles. The summed E-state index contributed by atoms with van der Waals surface area (Å²) in [6.07, 6.45) is 3.24. The van der Waals surface area contributed by atoms with Crippen molar-refractivity contribution in [3.05, 3.63) is 93.8 Å². The second kappa shape index (κ2) is 9.49. The molecule has 2 atom stereocenters. The number of phenolic OH excluding ortho intramolecular Hbond substituents is 1. The van der Waals surface area contributed by atoms with Crippen LogP contribution in [-0.4, -0.2) is 36.2 Å². The number of rotatable bonds is 5. The highest BCUT2D eigenvalue weighted by Crippen LogP contribution is 2.48. The monoisotopic (exact) mass is 489 g/mol. The van der Waals surface area contributed by atoms with Crippen molar-refractivity contribution in [1.29, 1.82) is 0 Å². The number of halogens is 5. The first-order valence-corrected chi connectivity index (χ1v) is 11.6. The molecule has 1 fully saturated rings. The van der Waals surface area contributed by atoms with Gasteiger partial charge in [0.1, 0.15) is 11.5 Å². The van der Waals surface area contributed by atoms with Crippen molar-refractivity contribution in [2.24, 2.45) is 0 Å². The van der Waals surface area contributed by atoms with E-state index in [-0.39, 0.29) is 12.4 Å². The van der Waals surface area contributed by atoms with Crippen LogP contribution in [0.5, 0.6) is 11.5 Å². The van der Waals surface area contributed by atoms with Crippen LogP contribution >= 0.6 is 0 Å². The zero-order valence-corrected chi connectivity index (χ0v) is 18.8. The third-order valence-corrected chi connectivity index (χ3v) is 7.02. The molecule has 3 nitrogen and oxygen atoms in total. The molecular weight excluding hydrogens is 465 g/mol. The standard InChI is InChI=1S/C27H24F5NO2/c28-23-22(24(29)26(31)27(32)25(23)30)19-14-35-20-8-7-17(34)13-18(20)21(19)16-5-3-15(4-6-16)9-12-33-10-1-2-11-33/h3-8,13,19,21,34H,1-2,9-12,14H2/t19-,21+/m1/s1. The number of fused-ring (bicyclic) bond motifs is 1. The summed E-state index contributed by atoms with van der Waals surface area (Å²) in [5.41, 5.74) is 1.20. The van der Waals surface area contributed by atoms with Gasteiger partial charge in [-0.25, -0.2) is 22.0 Å². The average Bonchev–Trinajstić information content (AvgIpc) is 3.39. The van der Waals surface area contributed by atoms with Crippen molar-refractivity contribution in [1.82, 2.24) is 4.90 Å². The fourth-order valence-electron chi connectivity index (χ4n) is 5.20. The van der Waals surface area contributed by atoms with E-state index in [4.69, 9.17) is 4.74 Å². The number of ether oxygens (including phenoxy) is 1. The number of hydrogen-bond acceptors (Lipinski definition) is 3. The summed E-state index contributed by atoms with van der Waals surface area (Å²) < 4.78 is 77.1. The van der Waals surface area contributed by atoms with Crippen LogP contribution in [0.1, 0.15) is 46.9 Å². The summed E-state index contributed by atoms with van der Waals surface area (Å²) in [6, 6.07) is 11.8.